The molecule has 2 aliphatic rings. The summed E-state index contributed by atoms with van der Waals surface area (Å²) in [6.45, 7) is 3.56. The van der Waals surface area contributed by atoms with Crippen LogP contribution >= 0.6 is 0 Å². The number of rotatable bonds is 5. The van der Waals surface area contributed by atoms with Crippen LogP contribution in [0.25, 0.3) is 0 Å². The number of amides is 1. The number of carbonyl (C=O) groups is 1. The van der Waals surface area contributed by atoms with Gasteiger partial charge in [0, 0.05) is 52.7 Å². The second-order valence-corrected chi connectivity index (χ2v) is 8.19. The number of nitrogens with zero attached hydrogens (tertiary/aromatic N) is 5. The zero-order valence-electron chi connectivity index (χ0n) is 16.8. The van der Waals surface area contributed by atoms with Crippen molar-refractivity contribution in [3.63, 3.8) is 0 Å². The molecule has 2 saturated heterocycles. The number of hydrogen-bond donors (Lipinski definition) is 0. The summed E-state index contributed by atoms with van der Waals surface area (Å²) in [6.07, 6.45) is 6.49. The van der Waals surface area contributed by atoms with Crippen LogP contribution < -0.4 is 4.90 Å². The molecule has 6 heteroatoms. The van der Waals surface area contributed by atoms with E-state index in [9.17, 15) is 4.79 Å². The monoisotopic (exact) mass is 379 g/mol. The predicted octanol–water partition coefficient (Wildman–Crippen LogP) is 2.08. The third-order valence-electron chi connectivity index (χ3n) is 6.17. The Morgan fingerprint density at radius 1 is 1.18 bits per heavy atom. The van der Waals surface area contributed by atoms with Crippen molar-refractivity contribution < 1.29 is 4.79 Å². The van der Waals surface area contributed by atoms with Crippen LogP contribution in [-0.2, 0) is 11.2 Å². The van der Waals surface area contributed by atoms with Gasteiger partial charge in [0.2, 0.25) is 11.9 Å². The fourth-order valence-corrected chi connectivity index (χ4v) is 4.90. The first-order valence-corrected chi connectivity index (χ1v) is 10.1. The smallest absolute Gasteiger partial charge is 0.231 e. The van der Waals surface area contributed by atoms with Gasteiger partial charge in [0.15, 0.2) is 0 Å². The minimum atomic E-state index is -0.377. The van der Waals surface area contributed by atoms with E-state index in [0.717, 1.165) is 51.4 Å². The highest BCUT2D eigenvalue weighted by Gasteiger charge is 2.56. The third-order valence-corrected chi connectivity index (χ3v) is 6.17. The fraction of sp³-hybridized carbons (Fsp3) is 0.500. The Morgan fingerprint density at radius 3 is 2.64 bits per heavy atom. The maximum Gasteiger partial charge on any atom is 0.231 e. The van der Waals surface area contributed by atoms with E-state index in [4.69, 9.17) is 0 Å². The van der Waals surface area contributed by atoms with Gasteiger partial charge < -0.3 is 9.80 Å². The summed E-state index contributed by atoms with van der Waals surface area (Å²) in [5.41, 5.74) is 0.964. The van der Waals surface area contributed by atoms with Gasteiger partial charge >= 0.3 is 0 Å². The Bertz CT molecular complexity index is 797. The third kappa shape index (κ3) is 3.49. The van der Waals surface area contributed by atoms with E-state index >= 15 is 0 Å². The topological polar surface area (TPSA) is 52.6 Å². The maximum atomic E-state index is 13.3. The van der Waals surface area contributed by atoms with Gasteiger partial charge in [0.1, 0.15) is 0 Å². The highest BCUT2D eigenvalue weighted by atomic mass is 16.2. The van der Waals surface area contributed by atoms with Gasteiger partial charge in [-0.05, 0) is 30.9 Å². The van der Waals surface area contributed by atoms with E-state index in [1.807, 2.05) is 20.2 Å². The Balaban J connectivity index is 1.58. The van der Waals surface area contributed by atoms with E-state index in [2.05, 4.69) is 50.1 Å². The molecular weight excluding hydrogens is 350 g/mol. The lowest BCUT2D eigenvalue weighted by Gasteiger charge is -2.45. The first-order chi connectivity index (χ1) is 13.6. The molecule has 1 aromatic heterocycles. The molecule has 6 nitrogen and oxygen atoms in total. The molecule has 0 radical (unpaired) electrons. The summed E-state index contributed by atoms with van der Waals surface area (Å²) in [4.78, 5) is 28.8. The molecule has 2 aromatic rings. The quantitative estimate of drug-likeness (QED) is 0.796. The van der Waals surface area contributed by atoms with Gasteiger partial charge in [-0.1, -0.05) is 30.3 Å². The zero-order chi connectivity index (χ0) is 19.6. The summed E-state index contributed by atoms with van der Waals surface area (Å²) < 4.78 is 0. The highest BCUT2D eigenvalue weighted by Crippen LogP contribution is 2.44. The number of aromatic nitrogens is 2. The number of benzene rings is 1. The minimum Gasteiger partial charge on any atom is -0.348 e. The molecule has 1 amide bonds. The SMILES string of the molecule is CN(C)C(=O)[C@@]12CCCN(c3ncccn3)[C@@H]1CN(CCc1ccccc1)C2. The molecule has 0 saturated carbocycles. The molecule has 2 atom stereocenters. The number of fused-ring (bicyclic) bond motifs is 1. The molecule has 2 fully saturated rings. The van der Waals surface area contributed by atoms with Crippen LogP contribution in [0.5, 0.6) is 0 Å². The lowest BCUT2D eigenvalue weighted by Crippen LogP contribution is -2.58. The highest BCUT2D eigenvalue weighted by molar-refractivity contribution is 5.85. The summed E-state index contributed by atoms with van der Waals surface area (Å²) in [5.74, 6) is 0.980. The first-order valence-electron chi connectivity index (χ1n) is 10.1. The summed E-state index contributed by atoms with van der Waals surface area (Å²) in [5, 5.41) is 0. The van der Waals surface area contributed by atoms with Gasteiger partial charge in [0.05, 0.1) is 11.5 Å². The van der Waals surface area contributed by atoms with Crippen molar-refractivity contribution in [1.29, 1.82) is 0 Å². The van der Waals surface area contributed by atoms with Crippen molar-refractivity contribution >= 4 is 11.9 Å². The van der Waals surface area contributed by atoms with Crippen LogP contribution in [0.4, 0.5) is 5.95 Å². The average molecular weight is 380 g/mol. The van der Waals surface area contributed by atoms with E-state index in [0.29, 0.717) is 0 Å². The molecule has 0 aliphatic carbocycles. The Labute approximate surface area is 167 Å². The van der Waals surface area contributed by atoms with Crippen molar-refractivity contribution in [3.05, 3.63) is 54.4 Å². The lowest BCUT2D eigenvalue weighted by atomic mass is 9.74. The van der Waals surface area contributed by atoms with Gasteiger partial charge in [-0.2, -0.15) is 0 Å². The van der Waals surface area contributed by atoms with Crippen molar-refractivity contribution in [3.8, 4) is 0 Å². The molecule has 148 valence electrons. The van der Waals surface area contributed by atoms with Crippen LogP contribution in [-0.4, -0.2) is 72.0 Å². The van der Waals surface area contributed by atoms with E-state index < -0.39 is 0 Å². The van der Waals surface area contributed by atoms with Crippen LogP contribution in [0, 0.1) is 5.41 Å². The Morgan fingerprint density at radius 2 is 1.93 bits per heavy atom. The van der Waals surface area contributed by atoms with Crippen molar-refractivity contribution in [2.75, 3.05) is 45.2 Å². The first kappa shape index (κ1) is 18.9. The second-order valence-electron chi connectivity index (χ2n) is 8.19. The van der Waals surface area contributed by atoms with Gasteiger partial charge in [-0.25, -0.2) is 9.97 Å². The molecule has 3 heterocycles. The fourth-order valence-electron chi connectivity index (χ4n) is 4.90. The summed E-state index contributed by atoms with van der Waals surface area (Å²) >= 11 is 0. The molecular formula is C22H29N5O. The molecule has 2 aliphatic heterocycles. The molecule has 0 unspecified atom stereocenters. The zero-order valence-corrected chi connectivity index (χ0v) is 16.8. The molecule has 0 N–H and O–H groups in total. The van der Waals surface area contributed by atoms with Crippen LogP contribution in [0.2, 0.25) is 0 Å². The van der Waals surface area contributed by atoms with E-state index in [1.54, 1.807) is 17.3 Å². The summed E-state index contributed by atoms with van der Waals surface area (Å²) in [6, 6.07) is 12.5. The molecule has 28 heavy (non-hydrogen) atoms. The van der Waals surface area contributed by atoms with Crippen molar-refractivity contribution in [1.82, 2.24) is 19.8 Å². The number of carbonyl (C=O) groups excluding carboxylic acids is 1. The van der Waals surface area contributed by atoms with Crippen LogP contribution in [0.15, 0.2) is 48.8 Å². The van der Waals surface area contributed by atoms with Crippen molar-refractivity contribution in [2.45, 2.75) is 25.3 Å². The standard InChI is InChI=1S/C22H29N5O/c1-25(2)20(28)22-11-6-14-27(21-23-12-7-13-24-21)19(22)16-26(17-22)15-10-18-8-4-3-5-9-18/h3-5,7-9,12-13,19H,6,10-11,14-17H2,1-2H3/t19-,22-/m1/s1. The summed E-state index contributed by atoms with van der Waals surface area (Å²) in [7, 11) is 3.75. The number of piperidine rings is 1. The largest absolute Gasteiger partial charge is 0.348 e. The lowest BCUT2D eigenvalue weighted by molar-refractivity contribution is -0.140. The minimum absolute atomic E-state index is 0.120. The number of hydrogen-bond acceptors (Lipinski definition) is 5. The predicted molar refractivity (Wildman–Crippen MR) is 110 cm³/mol. The van der Waals surface area contributed by atoms with E-state index in [1.165, 1.54) is 5.56 Å². The van der Waals surface area contributed by atoms with Gasteiger partial charge in [0.25, 0.3) is 0 Å². The maximum absolute atomic E-state index is 13.3. The number of likely N-dealkylation sites (tertiary alicyclic amines) is 1. The molecule has 0 bridgehead atoms. The Kier molecular flexibility index (Phi) is 5.31. The average Bonchev–Trinajstić information content (AvgIpc) is 3.13. The molecule has 4 rings (SSSR count). The molecule has 1 aromatic carbocycles. The van der Waals surface area contributed by atoms with Crippen LogP contribution in [0.1, 0.15) is 18.4 Å². The van der Waals surface area contributed by atoms with Gasteiger partial charge in [-0.15, -0.1) is 0 Å². The van der Waals surface area contributed by atoms with Gasteiger partial charge in [-0.3, -0.25) is 9.69 Å². The molecule has 0 spiro atoms. The van der Waals surface area contributed by atoms with E-state index in [-0.39, 0.29) is 17.4 Å². The number of anilines is 1. The Hall–Kier alpha value is -2.47. The second kappa shape index (κ2) is 7.87. The van der Waals surface area contributed by atoms with Crippen LogP contribution in [0.3, 0.4) is 0 Å². The normalized spacial score (nSPS) is 24.8. The van der Waals surface area contributed by atoms with Crippen molar-refractivity contribution in [2.24, 2.45) is 5.41 Å².